The highest BCUT2D eigenvalue weighted by atomic mass is 16.6. The summed E-state index contributed by atoms with van der Waals surface area (Å²) in [7, 11) is 0. The van der Waals surface area contributed by atoms with E-state index in [0.29, 0.717) is 24.6 Å². The number of hydrogen-bond acceptors (Lipinski definition) is 4. The van der Waals surface area contributed by atoms with Crippen LogP contribution in [0.25, 0.3) is 0 Å². The Bertz CT molecular complexity index is 361. The maximum atomic E-state index is 11.8. The summed E-state index contributed by atoms with van der Waals surface area (Å²) in [5.41, 5.74) is 6.75. The summed E-state index contributed by atoms with van der Waals surface area (Å²) in [4.78, 5) is 11.8. The van der Waals surface area contributed by atoms with Crippen LogP contribution in [0.15, 0.2) is 12.3 Å². The predicted octanol–water partition coefficient (Wildman–Crippen LogP) is 1.67. The van der Waals surface area contributed by atoms with E-state index in [4.69, 9.17) is 15.2 Å². The van der Waals surface area contributed by atoms with E-state index in [-0.39, 0.29) is 12.6 Å². The largest absolute Gasteiger partial charge is 0.459 e. The Balaban J connectivity index is 2.55. The highest BCUT2D eigenvalue weighted by Crippen LogP contribution is 2.12. The molecular formula is C12H20N2O3. The van der Waals surface area contributed by atoms with Gasteiger partial charge in [0.2, 0.25) is 0 Å². The minimum Gasteiger partial charge on any atom is -0.459 e. The molecule has 5 heteroatoms. The molecule has 96 valence electrons. The molecule has 5 nitrogen and oxygen atoms in total. The topological polar surface area (TPSA) is 66.5 Å². The summed E-state index contributed by atoms with van der Waals surface area (Å²) >= 11 is 0. The molecule has 0 aliphatic heterocycles. The minimum absolute atomic E-state index is 0.268. The number of carbonyl (C=O) groups excluding carboxylic acids is 1. The number of ether oxygens (including phenoxy) is 2. The van der Waals surface area contributed by atoms with Crippen molar-refractivity contribution >= 4 is 11.7 Å². The number of carbonyl (C=O) groups is 1. The first-order chi connectivity index (χ1) is 8.19. The molecular weight excluding hydrogens is 220 g/mol. The number of nitrogen functional groups attached to an aromatic ring is 1. The van der Waals surface area contributed by atoms with Crippen LogP contribution in [0.5, 0.6) is 0 Å². The number of aromatic nitrogens is 1. The molecule has 0 bridgehead atoms. The molecule has 1 aromatic heterocycles. The zero-order chi connectivity index (χ0) is 12.7. The van der Waals surface area contributed by atoms with E-state index in [2.05, 4.69) is 0 Å². The van der Waals surface area contributed by atoms with Gasteiger partial charge in [-0.25, -0.2) is 4.79 Å². The maximum Gasteiger partial charge on any atom is 0.355 e. The summed E-state index contributed by atoms with van der Waals surface area (Å²) in [5, 5.41) is 0. The monoisotopic (exact) mass is 240 g/mol. The van der Waals surface area contributed by atoms with Crippen LogP contribution < -0.4 is 5.73 Å². The van der Waals surface area contributed by atoms with Crippen molar-refractivity contribution in [1.29, 1.82) is 0 Å². The van der Waals surface area contributed by atoms with Gasteiger partial charge in [-0.1, -0.05) is 6.92 Å². The van der Waals surface area contributed by atoms with Crippen molar-refractivity contribution < 1.29 is 14.3 Å². The van der Waals surface area contributed by atoms with Gasteiger partial charge in [0.05, 0.1) is 12.3 Å². The molecule has 0 atom stereocenters. The van der Waals surface area contributed by atoms with E-state index in [1.54, 1.807) is 12.3 Å². The Hall–Kier alpha value is -1.49. The van der Waals surface area contributed by atoms with Crippen LogP contribution in [0.2, 0.25) is 0 Å². The molecule has 1 heterocycles. The molecule has 0 aliphatic rings. The molecule has 2 N–H and O–H groups in total. The van der Waals surface area contributed by atoms with Gasteiger partial charge in [-0.15, -0.1) is 0 Å². The van der Waals surface area contributed by atoms with Crippen molar-refractivity contribution in [3.8, 4) is 0 Å². The normalized spacial score (nSPS) is 10.5. The molecule has 1 aromatic rings. The van der Waals surface area contributed by atoms with Crippen LogP contribution in [0.3, 0.4) is 0 Å². The Morgan fingerprint density at radius 3 is 2.82 bits per heavy atom. The van der Waals surface area contributed by atoms with Crippen molar-refractivity contribution in [2.75, 3.05) is 25.6 Å². The number of nitrogens with zero attached hydrogens (tertiary/aromatic N) is 1. The second kappa shape index (κ2) is 6.96. The number of rotatable bonds is 7. The molecule has 0 aromatic carbocycles. The fourth-order valence-corrected chi connectivity index (χ4v) is 1.54. The van der Waals surface area contributed by atoms with Gasteiger partial charge >= 0.3 is 5.97 Å². The predicted molar refractivity (Wildman–Crippen MR) is 65.9 cm³/mol. The smallest absolute Gasteiger partial charge is 0.355 e. The van der Waals surface area contributed by atoms with E-state index in [1.807, 2.05) is 18.4 Å². The highest BCUT2D eigenvalue weighted by Gasteiger charge is 2.13. The summed E-state index contributed by atoms with van der Waals surface area (Å²) in [6, 6.07) is 1.64. The summed E-state index contributed by atoms with van der Waals surface area (Å²) < 4.78 is 12.0. The van der Waals surface area contributed by atoms with Gasteiger partial charge in [-0.3, -0.25) is 0 Å². The summed E-state index contributed by atoms with van der Waals surface area (Å²) in [6.45, 7) is 6.01. The Morgan fingerprint density at radius 2 is 2.18 bits per heavy atom. The summed E-state index contributed by atoms with van der Waals surface area (Å²) in [6.07, 6.45) is 2.69. The molecule has 0 spiro atoms. The summed E-state index contributed by atoms with van der Waals surface area (Å²) in [5.74, 6) is -0.352. The molecule has 17 heavy (non-hydrogen) atoms. The highest BCUT2D eigenvalue weighted by molar-refractivity contribution is 5.89. The molecule has 0 amide bonds. The lowest BCUT2D eigenvalue weighted by Gasteiger charge is -2.07. The number of anilines is 1. The lowest BCUT2D eigenvalue weighted by molar-refractivity contribution is 0.0324. The third-order valence-electron chi connectivity index (χ3n) is 2.26. The van der Waals surface area contributed by atoms with Crippen LogP contribution >= 0.6 is 0 Å². The van der Waals surface area contributed by atoms with Crippen molar-refractivity contribution in [3.05, 3.63) is 18.0 Å². The van der Waals surface area contributed by atoms with Crippen LogP contribution in [0.4, 0.5) is 5.69 Å². The SMILES string of the molecule is CCCn1cc(N)cc1C(=O)OCCOCC. The average Bonchev–Trinajstić information content (AvgIpc) is 2.66. The zero-order valence-electron chi connectivity index (χ0n) is 10.4. The van der Waals surface area contributed by atoms with Crippen LogP contribution in [0.1, 0.15) is 30.8 Å². The molecule has 1 rings (SSSR count). The van der Waals surface area contributed by atoms with Crippen LogP contribution in [-0.2, 0) is 16.0 Å². The van der Waals surface area contributed by atoms with E-state index < -0.39 is 0 Å². The van der Waals surface area contributed by atoms with E-state index in [0.717, 1.165) is 13.0 Å². The van der Waals surface area contributed by atoms with Crippen LogP contribution in [-0.4, -0.2) is 30.4 Å². The fraction of sp³-hybridized carbons (Fsp3) is 0.583. The van der Waals surface area contributed by atoms with Gasteiger partial charge in [-0.05, 0) is 19.4 Å². The average molecular weight is 240 g/mol. The molecule has 0 saturated heterocycles. The van der Waals surface area contributed by atoms with Crippen molar-refractivity contribution in [2.45, 2.75) is 26.8 Å². The van der Waals surface area contributed by atoms with Crippen LogP contribution in [0, 0.1) is 0 Å². The first-order valence-electron chi connectivity index (χ1n) is 5.89. The van der Waals surface area contributed by atoms with Gasteiger partial charge in [0.15, 0.2) is 0 Å². The van der Waals surface area contributed by atoms with E-state index in [1.165, 1.54) is 0 Å². The Kier molecular flexibility index (Phi) is 5.56. The van der Waals surface area contributed by atoms with Gasteiger partial charge in [-0.2, -0.15) is 0 Å². The third kappa shape index (κ3) is 4.11. The van der Waals surface area contributed by atoms with Gasteiger partial charge in [0, 0.05) is 19.3 Å². The second-order valence-electron chi connectivity index (χ2n) is 3.68. The molecule has 0 fully saturated rings. The number of aryl methyl sites for hydroxylation is 1. The van der Waals surface area contributed by atoms with Crippen molar-refractivity contribution in [3.63, 3.8) is 0 Å². The number of nitrogens with two attached hydrogens (primary N) is 1. The number of esters is 1. The molecule has 0 saturated carbocycles. The molecule has 0 unspecified atom stereocenters. The third-order valence-corrected chi connectivity index (χ3v) is 2.26. The fourth-order valence-electron chi connectivity index (χ4n) is 1.54. The van der Waals surface area contributed by atoms with Gasteiger partial charge in [0.25, 0.3) is 0 Å². The lowest BCUT2D eigenvalue weighted by Crippen LogP contribution is -2.14. The minimum atomic E-state index is -0.352. The Labute approximate surface area is 101 Å². The first-order valence-corrected chi connectivity index (χ1v) is 5.89. The van der Waals surface area contributed by atoms with Crippen molar-refractivity contribution in [2.24, 2.45) is 0 Å². The van der Waals surface area contributed by atoms with Crippen molar-refractivity contribution in [1.82, 2.24) is 4.57 Å². The molecule has 0 aliphatic carbocycles. The zero-order valence-corrected chi connectivity index (χ0v) is 10.4. The second-order valence-corrected chi connectivity index (χ2v) is 3.68. The van der Waals surface area contributed by atoms with E-state index in [9.17, 15) is 4.79 Å². The van der Waals surface area contributed by atoms with E-state index >= 15 is 0 Å². The molecule has 0 radical (unpaired) electrons. The standard InChI is InChI=1S/C12H20N2O3/c1-3-5-14-9-10(13)8-11(14)12(15)17-7-6-16-4-2/h8-9H,3-7,13H2,1-2H3. The lowest BCUT2D eigenvalue weighted by atomic mass is 10.4. The maximum absolute atomic E-state index is 11.8. The Morgan fingerprint density at radius 1 is 1.41 bits per heavy atom. The number of hydrogen-bond donors (Lipinski definition) is 1. The first kappa shape index (κ1) is 13.6. The quantitative estimate of drug-likeness (QED) is 0.581. The van der Waals surface area contributed by atoms with Gasteiger partial charge < -0.3 is 19.8 Å². The van der Waals surface area contributed by atoms with Gasteiger partial charge in [0.1, 0.15) is 12.3 Å².